The predicted octanol–water partition coefficient (Wildman–Crippen LogP) is 3.30. The van der Waals surface area contributed by atoms with Crippen molar-refractivity contribution in [2.24, 2.45) is 0 Å². The van der Waals surface area contributed by atoms with E-state index in [4.69, 9.17) is 11.6 Å². The number of halogens is 4. The molecule has 0 spiro atoms. The largest absolute Gasteiger partial charge is 0.496 e. The van der Waals surface area contributed by atoms with E-state index in [0.29, 0.717) is 0 Å². The summed E-state index contributed by atoms with van der Waals surface area (Å²) >= 11 is 5.32. The Bertz CT molecular complexity index is 429. The van der Waals surface area contributed by atoms with Gasteiger partial charge in [-0.2, -0.15) is 13.2 Å². The van der Waals surface area contributed by atoms with Crippen LogP contribution in [-0.2, 0) is 6.18 Å². The van der Waals surface area contributed by atoms with E-state index < -0.39 is 11.7 Å². The predicted molar refractivity (Wildman–Crippen MR) is 55.6 cm³/mol. The van der Waals surface area contributed by atoms with Crippen LogP contribution in [-0.4, -0.2) is 13.0 Å². The minimum Gasteiger partial charge on any atom is -0.496 e. The van der Waals surface area contributed by atoms with Crippen LogP contribution < -0.4 is 4.74 Å². The summed E-state index contributed by atoms with van der Waals surface area (Å²) in [5.74, 6) is 4.87. The fourth-order valence-corrected chi connectivity index (χ4v) is 1.21. The van der Waals surface area contributed by atoms with E-state index in [1.165, 1.54) is 19.2 Å². The van der Waals surface area contributed by atoms with Crippen molar-refractivity contribution in [3.8, 4) is 17.6 Å². The molecule has 0 aliphatic rings. The minimum absolute atomic E-state index is 0.0768. The Kier molecular flexibility index (Phi) is 4.08. The molecule has 1 nitrogen and oxygen atoms in total. The lowest BCUT2D eigenvalue weighted by Gasteiger charge is -2.11. The van der Waals surface area contributed by atoms with E-state index in [1.54, 1.807) is 0 Å². The maximum absolute atomic E-state index is 12.6. The highest BCUT2D eigenvalue weighted by atomic mass is 35.5. The topological polar surface area (TPSA) is 9.23 Å². The van der Waals surface area contributed by atoms with Crippen LogP contribution in [0.1, 0.15) is 11.1 Å². The molecular formula is C11H8ClF3O. The van der Waals surface area contributed by atoms with Crippen LogP contribution in [0.5, 0.6) is 5.75 Å². The molecular weight excluding hydrogens is 241 g/mol. The number of alkyl halides is 4. The number of hydrogen-bond acceptors (Lipinski definition) is 1. The summed E-state index contributed by atoms with van der Waals surface area (Å²) in [5.41, 5.74) is -0.579. The first-order chi connectivity index (χ1) is 7.49. The molecule has 1 aromatic rings. The molecule has 0 fully saturated rings. The van der Waals surface area contributed by atoms with Crippen LogP contribution in [0.4, 0.5) is 13.2 Å². The summed E-state index contributed by atoms with van der Waals surface area (Å²) in [6.07, 6.45) is -4.45. The molecule has 86 valence electrons. The highest BCUT2D eigenvalue weighted by molar-refractivity contribution is 6.19. The van der Waals surface area contributed by atoms with Crippen molar-refractivity contribution in [3.63, 3.8) is 0 Å². The van der Waals surface area contributed by atoms with Crippen molar-refractivity contribution < 1.29 is 17.9 Å². The van der Waals surface area contributed by atoms with Gasteiger partial charge < -0.3 is 4.74 Å². The van der Waals surface area contributed by atoms with Gasteiger partial charge in [0.1, 0.15) is 5.75 Å². The number of ether oxygens (including phenoxy) is 1. The molecule has 1 aromatic carbocycles. The van der Waals surface area contributed by atoms with Crippen LogP contribution in [0.25, 0.3) is 0 Å². The van der Waals surface area contributed by atoms with E-state index in [0.717, 1.165) is 6.07 Å². The van der Waals surface area contributed by atoms with Crippen LogP contribution in [0.15, 0.2) is 18.2 Å². The summed E-state index contributed by atoms with van der Waals surface area (Å²) in [5, 5.41) is 0. The molecule has 0 aliphatic heterocycles. The number of hydrogen-bond donors (Lipinski definition) is 0. The Morgan fingerprint density at radius 2 is 2.06 bits per heavy atom. The average molecular weight is 249 g/mol. The van der Waals surface area contributed by atoms with Crippen molar-refractivity contribution in [3.05, 3.63) is 29.3 Å². The van der Waals surface area contributed by atoms with Crippen molar-refractivity contribution >= 4 is 11.6 Å². The van der Waals surface area contributed by atoms with E-state index in [-0.39, 0.29) is 17.2 Å². The van der Waals surface area contributed by atoms with E-state index in [9.17, 15) is 13.2 Å². The van der Waals surface area contributed by atoms with Crippen molar-refractivity contribution in [2.45, 2.75) is 6.18 Å². The summed E-state index contributed by atoms with van der Waals surface area (Å²) in [6, 6.07) is 3.63. The van der Waals surface area contributed by atoms with Gasteiger partial charge in [0, 0.05) is 5.56 Å². The number of methoxy groups -OCH3 is 1. The standard InChI is InChI=1S/C11H8ClF3O/c1-16-10-5-4-8(3-2-6-12)7-9(10)11(13,14)15/h4-5,7H,6H2,1H3. The van der Waals surface area contributed by atoms with Gasteiger partial charge in [-0.25, -0.2) is 0 Å². The van der Waals surface area contributed by atoms with Gasteiger partial charge in [0.2, 0.25) is 0 Å². The lowest BCUT2D eigenvalue weighted by atomic mass is 10.1. The summed E-state index contributed by atoms with van der Waals surface area (Å²) < 4.78 is 42.4. The van der Waals surface area contributed by atoms with Crippen molar-refractivity contribution in [2.75, 3.05) is 13.0 Å². The summed E-state index contributed by atoms with van der Waals surface area (Å²) in [4.78, 5) is 0. The second-order valence-electron chi connectivity index (χ2n) is 2.85. The van der Waals surface area contributed by atoms with Crippen LogP contribution >= 0.6 is 11.6 Å². The highest BCUT2D eigenvalue weighted by Crippen LogP contribution is 2.36. The minimum atomic E-state index is -4.45. The first-order valence-corrected chi connectivity index (χ1v) is 4.82. The van der Waals surface area contributed by atoms with E-state index in [1.807, 2.05) is 0 Å². The van der Waals surface area contributed by atoms with Gasteiger partial charge in [0.15, 0.2) is 0 Å². The second kappa shape index (κ2) is 5.13. The normalized spacial score (nSPS) is 10.6. The summed E-state index contributed by atoms with van der Waals surface area (Å²) in [6.45, 7) is 0. The van der Waals surface area contributed by atoms with Gasteiger partial charge in [0.25, 0.3) is 0 Å². The van der Waals surface area contributed by atoms with Crippen LogP contribution in [0, 0.1) is 11.8 Å². The molecule has 0 atom stereocenters. The molecule has 0 saturated carbocycles. The Labute approximate surface area is 96.2 Å². The van der Waals surface area contributed by atoms with E-state index in [2.05, 4.69) is 16.6 Å². The number of benzene rings is 1. The monoisotopic (exact) mass is 248 g/mol. The molecule has 0 aliphatic carbocycles. The third-order valence-corrected chi connectivity index (χ3v) is 1.94. The molecule has 0 unspecified atom stereocenters. The Balaban J connectivity index is 3.22. The first kappa shape index (κ1) is 12.7. The van der Waals surface area contributed by atoms with Crippen LogP contribution in [0.2, 0.25) is 0 Å². The number of rotatable bonds is 1. The fraction of sp³-hybridized carbons (Fsp3) is 0.273. The van der Waals surface area contributed by atoms with Gasteiger partial charge in [-0.3, -0.25) is 0 Å². The fourth-order valence-electron chi connectivity index (χ4n) is 1.14. The van der Waals surface area contributed by atoms with Gasteiger partial charge in [-0.1, -0.05) is 11.8 Å². The lowest BCUT2D eigenvalue weighted by molar-refractivity contribution is -0.138. The molecule has 5 heteroatoms. The third-order valence-electron chi connectivity index (χ3n) is 1.80. The molecule has 0 radical (unpaired) electrons. The maximum atomic E-state index is 12.6. The Morgan fingerprint density at radius 3 is 2.56 bits per heavy atom. The van der Waals surface area contributed by atoms with Gasteiger partial charge in [0.05, 0.1) is 18.6 Å². The SMILES string of the molecule is COc1ccc(C#CCCl)cc1C(F)(F)F. The molecule has 16 heavy (non-hydrogen) atoms. The van der Waals surface area contributed by atoms with Gasteiger partial charge in [-0.15, -0.1) is 11.6 Å². The van der Waals surface area contributed by atoms with Gasteiger partial charge in [-0.05, 0) is 18.2 Å². The molecule has 0 heterocycles. The summed E-state index contributed by atoms with van der Waals surface area (Å²) in [7, 11) is 1.19. The van der Waals surface area contributed by atoms with Crippen LogP contribution in [0.3, 0.4) is 0 Å². The highest BCUT2D eigenvalue weighted by Gasteiger charge is 2.34. The average Bonchev–Trinajstić information content (AvgIpc) is 2.24. The lowest BCUT2D eigenvalue weighted by Crippen LogP contribution is -2.07. The zero-order valence-corrected chi connectivity index (χ0v) is 9.12. The zero-order chi connectivity index (χ0) is 12.2. The first-order valence-electron chi connectivity index (χ1n) is 4.29. The zero-order valence-electron chi connectivity index (χ0n) is 8.36. The molecule has 0 amide bonds. The quantitative estimate of drug-likeness (QED) is 0.547. The maximum Gasteiger partial charge on any atom is 0.420 e. The molecule has 0 N–H and O–H groups in total. The third kappa shape index (κ3) is 3.07. The molecule has 1 rings (SSSR count). The Hall–Kier alpha value is -1.34. The van der Waals surface area contributed by atoms with Gasteiger partial charge >= 0.3 is 6.18 Å². The second-order valence-corrected chi connectivity index (χ2v) is 3.12. The smallest absolute Gasteiger partial charge is 0.420 e. The van der Waals surface area contributed by atoms with Crippen molar-refractivity contribution in [1.29, 1.82) is 0 Å². The molecule has 0 bridgehead atoms. The molecule has 0 saturated heterocycles. The van der Waals surface area contributed by atoms with E-state index >= 15 is 0 Å². The molecule has 0 aromatic heterocycles. The van der Waals surface area contributed by atoms with Crippen molar-refractivity contribution in [1.82, 2.24) is 0 Å². The Morgan fingerprint density at radius 1 is 1.38 bits per heavy atom.